The summed E-state index contributed by atoms with van der Waals surface area (Å²) in [6.45, 7) is 4.37. The van der Waals surface area contributed by atoms with Crippen molar-refractivity contribution in [2.75, 3.05) is 6.54 Å². The smallest absolute Gasteiger partial charge is 0.376 e. The lowest BCUT2D eigenvalue weighted by Gasteiger charge is -2.32. The molecule has 8 heteroatoms. The topological polar surface area (TPSA) is 18.5 Å². The van der Waals surface area contributed by atoms with Crippen LogP contribution < -0.4 is 5.14 Å². The standard InChI is InChI=1S/C3H8B3Cl2N3/c1-2-3-10-4-9-5-11(8)6(10)7/h2,4-5,9H,1,3H2. The van der Waals surface area contributed by atoms with Crippen LogP contribution in [-0.2, 0) is 0 Å². The van der Waals surface area contributed by atoms with Gasteiger partial charge in [0.05, 0.1) is 0 Å². The van der Waals surface area contributed by atoms with Crippen LogP contribution in [0.5, 0.6) is 0 Å². The van der Waals surface area contributed by atoms with E-state index in [-0.39, 0.29) is 6.40 Å². The maximum Gasteiger partial charge on any atom is 0.413 e. The highest BCUT2D eigenvalue weighted by atomic mass is 35.5. The minimum atomic E-state index is -0.240. The van der Waals surface area contributed by atoms with Crippen LogP contribution in [0.25, 0.3) is 0 Å². The van der Waals surface area contributed by atoms with E-state index in [1.54, 1.807) is 6.08 Å². The Morgan fingerprint density at radius 1 is 1.64 bits per heavy atom. The van der Waals surface area contributed by atoms with Crippen LogP contribution in [0.1, 0.15) is 0 Å². The molecule has 3 nitrogen and oxygen atoms in total. The summed E-state index contributed by atoms with van der Waals surface area (Å²) >= 11 is 11.7. The van der Waals surface area contributed by atoms with Crippen molar-refractivity contribution in [3.63, 3.8) is 0 Å². The van der Waals surface area contributed by atoms with Gasteiger partial charge in [0, 0.05) is 0 Å². The van der Waals surface area contributed by atoms with E-state index in [1.807, 2.05) is 4.72 Å². The van der Waals surface area contributed by atoms with E-state index in [0.29, 0.717) is 7.55 Å². The fraction of sp³-hybridized carbons (Fsp3) is 0.333. The first-order valence-electron chi connectivity index (χ1n) is 3.38. The zero-order valence-corrected chi connectivity index (χ0v) is 7.65. The fourth-order valence-electron chi connectivity index (χ4n) is 0.946. The normalized spacial score (nSPS) is 20.7. The zero-order chi connectivity index (χ0) is 8.27. The van der Waals surface area contributed by atoms with Crippen molar-refractivity contribution in [2.45, 2.75) is 0 Å². The first-order chi connectivity index (χ1) is 5.25. The average Bonchev–Trinajstić information content (AvgIpc) is 1.99. The second kappa shape index (κ2) is 4.43. The summed E-state index contributed by atoms with van der Waals surface area (Å²) in [6.07, 6.45) is 1.56. The van der Waals surface area contributed by atoms with Gasteiger partial charge in [0.2, 0.25) is 0 Å². The third kappa shape index (κ3) is 2.42. The largest absolute Gasteiger partial charge is 0.413 e. The predicted octanol–water partition coefficient (Wildman–Crippen LogP) is -0.710. The summed E-state index contributed by atoms with van der Waals surface area (Å²) in [5.41, 5.74) is 0. The maximum atomic E-state index is 5.94. The average molecular weight is 189 g/mol. The van der Waals surface area contributed by atoms with Crippen LogP contribution >= 0.6 is 23.2 Å². The molecule has 0 aromatic heterocycles. The molecule has 58 valence electrons. The van der Waals surface area contributed by atoms with Crippen molar-refractivity contribution in [3.8, 4) is 0 Å². The van der Waals surface area contributed by atoms with Crippen LogP contribution in [0.2, 0.25) is 0 Å². The number of halogens is 2. The van der Waals surface area contributed by atoms with Gasteiger partial charge >= 0.3 is 6.40 Å². The maximum absolute atomic E-state index is 5.94. The molecule has 1 aliphatic heterocycles. The Kier molecular flexibility index (Phi) is 3.82. The summed E-state index contributed by atoms with van der Waals surface area (Å²) in [5, 5.41) is 3.09. The Bertz CT molecular complexity index is 148. The van der Waals surface area contributed by atoms with Crippen LogP contribution in [0.4, 0.5) is 0 Å². The molecule has 0 aromatic rings. The van der Waals surface area contributed by atoms with Gasteiger partial charge in [-0.3, -0.25) is 4.24 Å². The van der Waals surface area contributed by atoms with Gasteiger partial charge in [-0.15, -0.1) is 18.0 Å². The molecule has 0 aromatic carbocycles. The molecule has 0 atom stereocenters. The monoisotopic (exact) mass is 189 g/mol. The lowest BCUT2D eigenvalue weighted by atomic mass is 9.79. The van der Waals surface area contributed by atoms with Crippen LogP contribution in [0.3, 0.4) is 0 Å². The lowest BCUT2D eigenvalue weighted by molar-refractivity contribution is 0.693. The van der Waals surface area contributed by atoms with Crippen molar-refractivity contribution in [1.29, 1.82) is 0 Å². The van der Waals surface area contributed by atoms with Gasteiger partial charge in [-0.1, -0.05) is 6.08 Å². The van der Waals surface area contributed by atoms with Crippen molar-refractivity contribution >= 4 is 44.7 Å². The van der Waals surface area contributed by atoms with Gasteiger partial charge in [0.1, 0.15) is 0 Å². The molecule has 1 rings (SSSR count). The molecular weight excluding hydrogens is 181 g/mol. The third-order valence-electron chi connectivity index (χ3n) is 1.47. The van der Waals surface area contributed by atoms with Crippen molar-refractivity contribution < 1.29 is 0 Å². The summed E-state index contributed by atoms with van der Waals surface area (Å²) < 4.78 is 3.47. The van der Waals surface area contributed by atoms with Gasteiger partial charge in [-0.05, 0) is 18.3 Å². The van der Waals surface area contributed by atoms with Crippen LogP contribution in [0, 0.1) is 0 Å². The summed E-state index contributed by atoms with van der Waals surface area (Å²) in [6, 6.07) is 0. The van der Waals surface area contributed by atoms with Crippen molar-refractivity contribution in [2.24, 2.45) is 0 Å². The molecule has 11 heavy (non-hydrogen) atoms. The molecule has 0 unspecified atom stereocenters. The first kappa shape index (κ1) is 9.48. The quantitative estimate of drug-likeness (QED) is 0.352. The summed E-state index contributed by atoms with van der Waals surface area (Å²) in [7, 11) is 1.37. The molecule has 0 bridgehead atoms. The molecule has 1 heterocycles. The van der Waals surface area contributed by atoms with Crippen LogP contribution in [-0.4, -0.2) is 37.0 Å². The van der Waals surface area contributed by atoms with Gasteiger partial charge in [0.15, 0.2) is 0 Å². The predicted molar refractivity (Wildman–Crippen MR) is 53.6 cm³/mol. The Labute approximate surface area is 78.4 Å². The minimum absolute atomic E-state index is 0.240. The summed E-state index contributed by atoms with van der Waals surface area (Å²) in [4.78, 5) is 0. The highest BCUT2D eigenvalue weighted by Gasteiger charge is 2.31. The van der Waals surface area contributed by atoms with Gasteiger partial charge in [0.25, 0.3) is 15.1 Å². The van der Waals surface area contributed by atoms with E-state index >= 15 is 0 Å². The number of rotatable bonds is 2. The van der Waals surface area contributed by atoms with Gasteiger partial charge in [-0.2, -0.15) is 0 Å². The Hall–Kier alpha value is 0.395. The fourth-order valence-corrected chi connectivity index (χ4v) is 1.37. The molecule has 0 saturated carbocycles. The highest BCUT2D eigenvalue weighted by molar-refractivity contribution is 7.10. The number of hydrogen-bond donors (Lipinski definition) is 1. The second-order valence-electron chi connectivity index (χ2n) is 2.34. The summed E-state index contributed by atoms with van der Waals surface area (Å²) in [5.74, 6) is 0. The van der Waals surface area contributed by atoms with E-state index in [9.17, 15) is 0 Å². The van der Waals surface area contributed by atoms with E-state index in [4.69, 9.17) is 23.2 Å². The third-order valence-corrected chi connectivity index (χ3v) is 2.39. The first-order valence-corrected chi connectivity index (χ1v) is 4.15. The van der Waals surface area contributed by atoms with E-state index < -0.39 is 0 Å². The van der Waals surface area contributed by atoms with Crippen molar-refractivity contribution in [1.82, 2.24) is 14.1 Å². The van der Waals surface area contributed by atoms with Crippen molar-refractivity contribution in [3.05, 3.63) is 12.7 Å². The Balaban J connectivity index is 2.43. The molecule has 0 radical (unpaired) electrons. The lowest BCUT2D eigenvalue weighted by Crippen LogP contribution is -2.61. The number of nitrogens with one attached hydrogen (secondary N) is 1. The van der Waals surface area contributed by atoms with Crippen LogP contribution in [0.15, 0.2) is 12.7 Å². The highest BCUT2D eigenvalue weighted by Crippen LogP contribution is 2.08. The van der Waals surface area contributed by atoms with E-state index in [2.05, 4.69) is 11.7 Å². The Morgan fingerprint density at radius 2 is 2.36 bits per heavy atom. The second-order valence-corrected chi connectivity index (χ2v) is 3.16. The van der Waals surface area contributed by atoms with E-state index in [0.717, 1.165) is 14.1 Å². The Morgan fingerprint density at radius 3 is 3.00 bits per heavy atom. The SMILES string of the molecule is C=CCN1BNBN(Cl)B1Cl. The molecule has 1 N–H and O–H groups in total. The molecule has 1 fully saturated rings. The molecule has 0 aliphatic carbocycles. The minimum Gasteiger partial charge on any atom is -0.376 e. The van der Waals surface area contributed by atoms with Gasteiger partial charge in [-0.25, -0.2) is 0 Å². The number of nitrogens with zero attached hydrogens (tertiary/aromatic N) is 2. The molecule has 1 saturated heterocycles. The van der Waals surface area contributed by atoms with Gasteiger partial charge < -0.3 is 9.86 Å². The number of hydrogen-bond acceptors (Lipinski definition) is 3. The molecule has 1 aliphatic rings. The molecular formula is C3H8B3Cl2N3. The van der Waals surface area contributed by atoms with E-state index in [1.165, 1.54) is 4.24 Å². The zero-order valence-electron chi connectivity index (χ0n) is 6.13. The molecule has 0 spiro atoms. The molecule has 0 amide bonds.